The smallest absolute Gasteiger partial charge is 0.241 e. The zero-order valence-corrected chi connectivity index (χ0v) is 14.7. The van der Waals surface area contributed by atoms with E-state index in [2.05, 4.69) is 5.32 Å². The molecule has 0 aliphatic carbocycles. The summed E-state index contributed by atoms with van der Waals surface area (Å²) in [5, 5.41) is 2.62. The number of carbonyl (C=O) groups excluding carboxylic acids is 1. The minimum Gasteiger partial charge on any atom is -0.495 e. The van der Waals surface area contributed by atoms with Crippen molar-refractivity contribution >= 4 is 21.6 Å². The van der Waals surface area contributed by atoms with Crippen molar-refractivity contribution < 1.29 is 22.3 Å². The molecule has 1 amide bonds. The third-order valence-corrected chi connectivity index (χ3v) is 4.57. The number of anilines is 1. The average molecular weight is 366 g/mol. The van der Waals surface area contributed by atoms with E-state index < -0.39 is 15.9 Å². The second kappa shape index (κ2) is 7.98. The summed E-state index contributed by atoms with van der Waals surface area (Å²) in [4.78, 5) is 12.2. The van der Waals surface area contributed by atoms with Crippen LogP contribution in [0.25, 0.3) is 0 Å². The van der Waals surface area contributed by atoms with Crippen molar-refractivity contribution in [3.05, 3.63) is 59.9 Å². The van der Waals surface area contributed by atoms with E-state index in [1.54, 1.807) is 36.4 Å². The third-order valence-electron chi connectivity index (χ3n) is 3.44. The molecule has 2 aromatic carbocycles. The van der Waals surface area contributed by atoms with Gasteiger partial charge in [-0.25, -0.2) is 12.8 Å². The van der Waals surface area contributed by atoms with Gasteiger partial charge in [-0.15, -0.1) is 0 Å². The molecule has 0 atom stereocenters. The van der Waals surface area contributed by atoms with Crippen LogP contribution in [-0.2, 0) is 21.4 Å². The molecule has 0 aromatic heterocycles. The van der Waals surface area contributed by atoms with Crippen LogP contribution in [0.3, 0.4) is 0 Å². The molecule has 1 N–H and O–H groups in total. The molecule has 25 heavy (non-hydrogen) atoms. The van der Waals surface area contributed by atoms with Crippen molar-refractivity contribution in [1.82, 2.24) is 5.32 Å². The first-order chi connectivity index (χ1) is 11.8. The lowest BCUT2D eigenvalue weighted by molar-refractivity contribution is -0.119. The van der Waals surface area contributed by atoms with Gasteiger partial charge in [0.25, 0.3) is 0 Å². The number of rotatable bonds is 7. The van der Waals surface area contributed by atoms with Gasteiger partial charge in [0, 0.05) is 6.54 Å². The van der Waals surface area contributed by atoms with Crippen LogP contribution in [0, 0.1) is 5.82 Å². The summed E-state index contributed by atoms with van der Waals surface area (Å²) in [5.74, 6) is -0.505. The number of para-hydroxylation sites is 2. The summed E-state index contributed by atoms with van der Waals surface area (Å²) < 4.78 is 43.2. The van der Waals surface area contributed by atoms with Crippen molar-refractivity contribution in [2.24, 2.45) is 0 Å². The lowest BCUT2D eigenvalue weighted by Gasteiger charge is -2.23. The Kier molecular flexibility index (Phi) is 5.97. The number of carbonyl (C=O) groups is 1. The minimum atomic E-state index is -3.69. The fourth-order valence-electron chi connectivity index (χ4n) is 2.21. The van der Waals surface area contributed by atoms with Gasteiger partial charge in [-0.05, 0) is 29.8 Å². The van der Waals surface area contributed by atoms with Crippen LogP contribution in [0.4, 0.5) is 10.1 Å². The Morgan fingerprint density at radius 2 is 1.80 bits per heavy atom. The number of hydrogen-bond acceptors (Lipinski definition) is 4. The predicted octanol–water partition coefficient (Wildman–Crippen LogP) is 1.92. The normalized spacial score (nSPS) is 11.0. The number of halogens is 1. The first-order valence-corrected chi connectivity index (χ1v) is 9.28. The second-order valence-corrected chi connectivity index (χ2v) is 7.25. The number of amides is 1. The van der Waals surface area contributed by atoms with Crippen molar-refractivity contribution in [1.29, 1.82) is 0 Å². The van der Waals surface area contributed by atoms with E-state index in [-0.39, 0.29) is 24.6 Å². The summed E-state index contributed by atoms with van der Waals surface area (Å²) in [6, 6.07) is 12.2. The molecule has 2 rings (SSSR count). The van der Waals surface area contributed by atoms with Crippen LogP contribution in [0.5, 0.6) is 5.75 Å². The highest BCUT2D eigenvalue weighted by Crippen LogP contribution is 2.29. The van der Waals surface area contributed by atoms with Crippen molar-refractivity contribution in [3.63, 3.8) is 0 Å². The highest BCUT2D eigenvalue weighted by atomic mass is 32.2. The molecule has 8 heteroatoms. The lowest BCUT2D eigenvalue weighted by Crippen LogP contribution is -2.40. The Bertz CT molecular complexity index is 838. The Balaban J connectivity index is 2.12. The molecule has 0 spiro atoms. The van der Waals surface area contributed by atoms with Gasteiger partial charge in [-0.3, -0.25) is 9.10 Å². The van der Waals surface area contributed by atoms with Gasteiger partial charge in [0.05, 0.1) is 19.1 Å². The molecule has 6 nitrogen and oxygen atoms in total. The number of hydrogen-bond donors (Lipinski definition) is 1. The lowest BCUT2D eigenvalue weighted by atomic mass is 10.2. The van der Waals surface area contributed by atoms with Crippen LogP contribution in [0.1, 0.15) is 5.56 Å². The monoisotopic (exact) mass is 366 g/mol. The summed E-state index contributed by atoms with van der Waals surface area (Å²) in [5.41, 5.74) is 0.988. The van der Waals surface area contributed by atoms with Crippen LogP contribution in [0.2, 0.25) is 0 Å². The van der Waals surface area contributed by atoms with E-state index in [0.29, 0.717) is 11.3 Å². The maximum Gasteiger partial charge on any atom is 0.241 e. The summed E-state index contributed by atoms with van der Waals surface area (Å²) in [7, 11) is -2.27. The molecule has 134 valence electrons. The van der Waals surface area contributed by atoms with Crippen molar-refractivity contribution in [2.75, 3.05) is 24.2 Å². The Hall–Kier alpha value is -2.61. The average Bonchev–Trinajstić information content (AvgIpc) is 2.58. The highest BCUT2D eigenvalue weighted by Gasteiger charge is 2.23. The molecule has 0 unspecified atom stereocenters. The van der Waals surface area contributed by atoms with Gasteiger partial charge in [0.15, 0.2) is 0 Å². The van der Waals surface area contributed by atoms with Gasteiger partial charge in [-0.2, -0.15) is 0 Å². The predicted molar refractivity (Wildman–Crippen MR) is 93.4 cm³/mol. The van der Waals surface area contributed by atoms with E-state index in [1.807, 2.05) is 0 Å². The first-order valence-electron chi connectivity index (χ1n) is 7.43. The third kappa shape index (κ3) is 5.18. The fraction of sp³-hybridized carbons (Fsp3) is 0.235. The summed E-state index contributed by atoms with van der Waals surface area (Å²) >= 11 is 0. The van der Waals surface area contributed by atoms with E-state index in [0.717, 1.165) is 10.6 Å². The molecular weight excluding hydrogens is 347 g/mol. The van der Waals surface area contributed by atoms with Crippen LogP contribution in [-0.4, -0.2) is 34.2 Å². The van der Waals surface area contributed by atoms with Crippen molar-refractivity contribution in [3.8, 4) is 5.75 Å². The highest BCUT2D eigenvalue weighted by molar-refractivity contribution is 7.92. The topological polar surface area (TPSA) is 75.7 Å². The number of nitrogens with zero attached hydrogens (tertiary/aromatic N) is 1. The zero-order valence-electron chi connectivity index (χ0n) is 13.9. The van der Waals surface area contributed by atoms with Gasteiger partial charge in [0.1, 0.15) is 18.1 Å². The number of benzene rings is 2. The molecule has 2 aromatic rings. The SMILES string of the molecule is COc1ccccc1N(CC(=O)NCc1ccc(F)cc1)S(C)(=O)=O. The molecule has 0 radical (unpaired) electrons. The van der Waals surface area contributed by atoms with Gasteiger partial charge in [0.2, 0.25) is 15.9 Å². The molecule has 0 saturated carbocycles. The summed E-state index contributed by atoms with van der Waals surface area (Å²) in [6.07, 6.45) is 1.02. The summed E-state index contributed by atoms with van der Waals surface area (Å²) in [6.45, 7) is -0.219. The Morgan fingerprint density at radius 3 is 2.40 bits per heavy atom. The van der Waals surface area contributed by atoms with Crippen LogP contribution in [0.15, 0.2) is 48.5 Å². The fourth-order valence-corrected chi connectivity index (χ4v) is 3.07. The van der Waals surface area contributed by atoms with E-state index >= 15 is 0 Å². The number of ether oxygens (including phenoxy) is 1. The quantitative estimate of drug-likeness (QED) is 0.812. The van der Waals surface area contributed by atoms with E-state index in [4.69, 9.17) is 4.74 Å². The van der Waals surface area contributed by atoms with E-state index in [1.165, 1.54) is 19.2 Å². The van der Waals surface area contributed by atoms with Crippen molar-refractivity contribution in [2.45, 2.75) is 6.54 Å². The van der Waals surface area contributed by atoms with Crippen LogP contribution >= 0.6 is 0 Å². The minimum absolute atomic E-state index is 0.169. The zero-order chi connectivity index (χ0) is 18.4. The molecule has 0 saturated heterocycles. The number of nitrogens with one attached hydrogen (secondary N) is 1. The number of sulfonamides is 1. The molecule has 0 fully saturated rings. The number of methoxy groups -OCH3 is 1. The standard InChI is InChI=1S/C17H19FN2O4S/c1-24-16-6-4-3-5-15(16)20(25(2,22)23)12-17(21)19-11-13-7-9-14(18)10-8-13/h3-10H,11-12H2,1-2H3,(H,19,21). The molecular formula is C17H19FN2O4S. The molecule has 0 bridgehead atoms. The first kappa shape index (κ1) is 18.7. The van der Waals surface area contributed by atoms with E-state index in [9.17, 15) is 17.6 Å². The molecule has 0 aliphatic rings. The largest absolute Gasteiger partial charge is 0.495 e. The second-order valence-electron chi connectivity index (χ2n) is 5.34. The Labute approximate surface area is 146 Å². The Morgan fingerprint density at radius 1 is 1.16 bits per heavy atom. The maximum atomic E-state index is 12.9. The molecule has 0 heterocycles. The van der Waals surface area contributed by atoms with Gasteiger partial charge in [-0.1, -0.05) is 24.3 Å². The maximum absolute atomic E-state index is 12.9. The van der Waals surface area contributed by atoms with Gasteiger partial charge >= 0.3 is 0 Å². The van der Waals surface area contributed by atoms with Gasteiger partial charge < -0.3 is 10.1 Å². The molecule has 0 aliphatic heterocycles. The van der Waals surface area contributed by atoms with Crippen LogP contribution < -0.4 is 14.4 Å².